The van der Waals surface area contributed by atoms with Crippen molar-refractivity contribution in [3.8, 4) is 0 Å². The summed E-state index contributed by atoms with van der Waals surface area (Å²) in [7, 11) is 0. The summed E-state index contributed by atoms with van der Waals surface area (Å²) in [6, 6.07) is 0. The molecule has 0 aliphatic heterocycles. The molecule has 0 aromatic rings. The first kappa shape index (κ1) is 19.8. The molecule has 6 N–H and O–H groups in total. The number of esters is 2. The smallest absolute Gasteiger partial charge is 0.417 e. The molecule has 0 aliphatic rings. The van der Waals surface area contributed by atoms with Crippen molar-refractivity contribution in [3.05, 3.63) is 0 Å². The van der Waals surface area contributed by atoms with Crippen LogP contribution in [0.1, 0.15) is 12.8 Å². The molecule has 0 aliphatic carbocycles. The second kappa shape index (κ2) is 12.5. The summed E-state index contributed by atoms with van der Waals surface area (Å²) in [6.07, 6.45) is 0.714. The molecule has 0 spiro atoms. The number of amides is 2. The van der Waals surface area contributed by atoms with Gasteiger partial charge in [-0.15, -0.1) is 0 Å². The molecule has 0 rings (SSSR count). The van der Waals surface area contributed by atoms with Crippen molar-refractivity contribution in [2.45, 2.75) is 12.8 Å². The highest BCUT2D eigenvalue weighted by Crippen LogP contribution is 1.89. The molecule has 0 aromatic carbocycles. The quantitative estimate of drug-likeness (QED) is 0.188. The summed E-state index contributed by atoms with van der Waals surface area (Å²) in [5.74, 6) is -2.83. The lowest BCUT2D eigenvalue weighted by Crippen LogP contribution is -2.32. The Labute approximate surface area is 127 Å². The Hall–Kier alpha value is -2.20. The van der Waals surface area contributed by atoms with Crippen molar-refractivity contribution in [1.29, 1.82) is 0 Å². The van der Waals surface area contributed by atoms with Gasteiger partial charge in [0.15, 0.2) is 0 Å². The number of rotatable bonds is 10. The highest BCUT2D eigenvalue weighted by Gasteiger charge is 2.16. The van der Waals surface area contributed by atoms with E-state index >= 15 is 0 Å². The largest absolute Gasteiger partial charge is 0.457 e. The molecule has 0 atom stereocenters. The molecule has 2 amide bonds. The van der Waals surface area contributed by atoms with Gasteiger partial charge in [-0.2, -0.15) is 0 Å². The van der Waals surface area contributed by atoms with Crippen LogP contribution in [-0.2, 0) is 28.7 Å². The molecule has 0 saturated carbocycles. The van der Waals surface area contributed by atoms with Crippen molar-refractivity contribution in [2.75, 3.05) is 39.4 Å². The van der Waals surface area contributed by atoms with E-state index in [-0.39, 0.29) is 38.1 Å². The fraction of sp³-hybridized carbons (Fsp3) is 0.667. The summed E-state index contributed by atoms with van der Waals surface area (Å²) in [5, 5.41) is 4.97. The fourth-order valence-corrected chi connectivity index (χ4v) is 1.19. The Bertz CT molecular complexity index is 352. The molecule has 10 heteroatoms. The van der Waals surface area contributed by atoms with Gasteiger partial charge in [-0.1, -0.05) is 0 Å². The van der Waals surface area contributed by atoms with Gasteiger partial charge in [0.2, 0.25) is 11.8 Å². The van der Waals surface area contributed by atoms with Crippen LogP contribution in [0, 0.1) is 0 Å². The molecule has 0 saturated heterocycles. The van der Waals surface area contributed by atoms with Crippen LogP contribution in [0.15, 0.2) is 0 Å². The normalized spacial score (nSPS) is 9.73. The SMILES string of the molecule is NCC(=O)NCCCOC(=O)C(=O)OCCCNC(=O)CN. The first-order valence-electron chi connectivity index (χ1n) is 6.78. The summed E-state index contributed by atoms with van der Waals surface area (Å²) < 4.78 is 9.30. The maximum atomic E-state index is 11.2. The van der Waals surface area contributed by atoms with E-state index in [9.17, 15) is 19.2 Å². The Kier molecular flexibility index (Phi) is 11.3. The molecule has 0 radical (unpaired) electrons. The fourth-order valence-electron chi connectivity index (χ4n) is 1.19. The number of hydrogen-bond donors (Lipinski definition) is 4. The van der Waals surface area contributed by atoms with E-state index in [4.69, 9.17) is 11.5 Å². The maximum Gasteiger partial charge on any atom is 0.417 e. The standard InChI is InChI=1S/C12H22N4O6/c13-7-9(17)15-3-1-5-21-11(19)12(20)22-6-2-4-16-10(18)8-14/h1-8,13-14H2,(H,15,17)(H,16,18). The summed E-state index contributed by atoms with van der Waals surface area (Å²) >= 11 is 0. The minimum absolute atomic E-state index is 0.0225. The van der Waals surface area contributed by atoms with E-state index in [2.05, 4.69) is 20.1 Å². The Balaban J connectivity index is 3.57. The van der Waals surface area contributed by atoms with E-state index in [0.717, 1.165) is 0 Å². The van der Waals surface area contributed by atoms with E-state index in [1.54, 1.807) is 0 Å². The summed E-state index contributed by atoms with van der Waals surface area (Å²) in [5.41, 5.74) is 10.2. The Morgan fingerprint density at radius 3 is 1.41 bits per heavy atom. The van der Waals surface area contributed by atoms with Gasteiger partial charge < -0.3 is 31.6 Å². The lowest BCUT2D eigenvalue weighted by atomic mass is 10.4. The number of ether oxygens (including phenoxy) is 2. The molecule has 0 aromatic heterocycles. The van der Waals surface area contributed by atoms with Gasteiger partial charge >= 0.3 is 11.9 Å². The average molecular weight is 318 g/mol. The van der Waals surface area contributed by atoms with Crippen LogP contribution in [0.4, 0.5) is 0 Å². The monoisotopic (exact) mass is 318 g/mol. The van der Waals surface area contributed by atoms with E-state index in [1.165, 1.54) is 0 Å². The van der Waals surface area contributed by atoms with Crippen LogP contribution in [0.3, 0.4) is 0 Å². The van der Waals surface area contributed by atoms with Gasteiger partial charge in [0.1, 0.15) is 0 Å². The molecular formula is C12H22N4O6. The van der Waals surface area contributed by atoms with Crippen LogP contribution >= 0.6 is 0 Å². The van der Waals surface area contributed by atoms with Crippen LogP contribution < -0.4 is 22.1 Å². The average Bonchev–Trinajstić information content (AvgIpc) is 2.52. The molecule has 0 fully saturated rings. The molecule has 10 nitrogen and oxygen atoms in total. The van der Waals surface area contributed by atoms with Crippen LogP contribution in [0.2, 0.25) is 0 Å². The third-order valence-corrected chi connectivity index (χ3v) is 2.29. The van der Waals surface area contributed by atoms with Gasteiger partial charge in [-0.25, -0.2) is 9.59 Å². The summed E-state index contributed by atoms with van der Waals surface area (Å²) in [4.78, 5) is 44.0. The highest BCUT2D eigenvalue weighted by atomic mass is 16.6. The molecule has 0 bridgehead atoms. The van der Waals surface area contributed by atoms with Crippen LogP contribution in [-0.4, -0.2) is 63.1 Å². The zero-order chi connectivity index (χ0) is 16.8. The van der Waals surface area contributed by atoms with E-state index in [0.29, 0.717) is 25.9 Å². The van der Waals surface area contributed by atoms with Crippen molar-refractivity contribution in [1.82, 2.24) is 10.6 Å². The van der Waals surface area contributed by atoms with Crippen LogP contribution in [0.25, 0.3) is 0 Å². The maximum absolute atomic E-state index is 11.2. The molecule has 0 unspecified atom stereocenters. The number of nitrogens with two attached hydrogens (primary N) is 2. The van der Waals surface area contributed by atoms with Gasteiger partial charge in [0.25, 0.3) is 0 Å². The van der Waals surface area contributed by atoms with Gasteiger partial charge in [0, 0.05) is 13.1 Å². The molecular weight excluding hydrogens is 296 g/mol. The Morgan fingerprint density at radius 2 is 1.09 bits per heavy atom. The zero-order valence-electron chi connectivity index (χ0n) is 12.3. The van der Waals surface area contributed by atoms with Crippen molar-refractivity contribution in [2.24, 2.45) is 11.5 Å². The third-order valence-electron chi connectivity index (χ3n) is 2.29. The van der Waals surface area contributed by atoms with E-state index < -0.39 is 11.9 Å². The number of hydrogen-bond acceptors (Lipinski definition) is 8. The lowest BCUT2D eigenvalue weighted by molar-refractivity contribution is -0.167. The second-order valence-electron chi connectivity index (χ2n) is 4.09. The summed E-state index contributed by atoms with van der Waals surface area (Å²) in [6.45, 7) is 0.310. The number of carbonyl (C=O) groups is 4. The Morgan fingerprint density at radius 1 is 0.727 bits per heavy atom. The zero-order valence-corrected chi connectivity index (χ0v) is 12.3. The number of nitrogens with one attached hydrogen (secondary N) is 2. The second-order valence-corrected chi connectivity index (χ2v) is 4.09. The van der Waals surface area contributed by atoms with Crippen LogP contribution in [0.5, 0.6) is 0 Å². The number of carbonyl (C=O) groups excluding carboxylic acids is 4. The van der Waals surface area contributed by atoms with Gasteiger partial charge in [-0.05, 0) is 12.8 Å². The first-order chi connectivity index (χ1) is 10.5. The van der Waals surface area contributed by atoms with Crippen molar-refractivity contribution in [3.63, 3.8) is 0 Å². The molecule has 126 valence electrons. The minimum atomic E-state index is -1.10. The van der Waals surface area contributed by atoms with Gasteiger partial charge in [-0.3, -0.25) is 9.59 Å². The minimum Gasteiger partial charge on any atom is -0.457 e. The predicted molar refractivity (Wildman–Crippen MR) is 75.3 cm³/mol. The van der Waals surface area contributed by atoms with Gasteiger partial charge in [0.05, 0.1) is 26.3 Å². The molecule has 22 heavy (non-hydrogen) atoms. The topological polar surface area (TPSA) is 163 Å². The first-order valence-corrected chi connectivity index (χ1v) is 6.78. The van der Waals surface area contributed by atoms with E-state index in [1.807, 2.05) is 0 Å². The third kappa shape index (κ3) is 10.6. The molecule has 0 heterocycles. The van der Waals surface area contributed by atoms with Crippen molar-refractivity contribution >= 4 is 23.8 Å². The predicted octanol–water partition coefficient (Wildman–Crippen LogP) is -3.00. The lowest BCUT2D eigenvalue weighted by Gasteiger charge is -2.07. The van der Waals surface area contributed by atoms with Crippen molar-refractivity contribution < 1.29 is 28.7 Å². The highest BCUT2D eigenvalue weighted by molar-refractivity contribution is 6.29.